The molecule has 5 heteroatoms. The fourth-order valence-electron chi connectivity index (χ4n) is 1.91. The lowest BCUT2D eigenvalue weighted by Gasteiger charge is -2.09. The zero-order valence-electron chi connectivity index (χ0n) is 9.89. The molecule has 0 amide bonds. The van der Waals surface area contributed by atoms with Crippen LogP contribution in [-0.4, -0.2) is 29.5 Å². The zero-order chi connectivity index (χ0) is 13.0. The molecule has 0 aliphatic carbocycles. The van der Waals surface area contributed by atoms with Crippen molar-refractivity contribution in [3.8, 4) is 0 Å². The monoisotopic (exact) mass is 270 g/mol. The second kappa shape index (κ2) is 6.20. The summed E-state index contributed by atoms with van der Waals surface area (Å²) in [4.78, 5) is 10.8. The van der Waals surface area contributed by atoms with Crippen LogP contribution in [0.2, 0.25) is 0 Å². The first-order valence-corrected chi connectivity index (χ1v) is 7.03. The molecule has 1 aliphatic heterocycles. The Labute approximate surface area is 109 Å². The molecule has 1 aromatic carbocycles. The Kier molecular flexibility index (Phi) is 4.60. The van der Waals surface area contributed by atoms with Gasteiger partial charge in [0.25, 0.3) is 0 Å². The maximum absolute atomic E-state index is 13.2. The summed E-state index contributed by atoms with van der Waals surface area (Å²) < 4.78 is 18.7. The minimum atomic E-state index is -1.22. The summed E-state index contributed by atoms with van der Waals surface area (Å²) in [6.45, 7) is 0.838. The van der Waals surface area contributed by atoms with E-state index in [1.807, 2.05) is 0 Å². The number of aromatic carboxylic acids is 1. The molecule has 0 bridgehead atoms. The van der Waals surface area contributed by atoms with E-state index in [4.69, 9.17) is 9.84 Å². The molecule has 1 aliphatic rings. The van der Waals surface area contributed by atoms with Gasteiger partial charge in [0.1, 0.15) is 5.82 Å². The number of rotatable bonds is 5. The van der Waals surface area contributed by atoms with E-state index in [2.05, 4.69) is 0 Å². The maximum atomic E-state index is 13.2. The highest BCUT2D eigenvalue weighted by Crippen LogP contribution is 2.21. The third-order valence-corrected chi connectivity index (χ3v) is 4.00. The number of hydrogen-bond acceptors (Lipinski definition) is 3. The van der Waals surface area contributed by atoms with Crippen LogP contribution in [0.5, 0.6) is 0 Å². The highest BCUT2D eigenvalue weighted by molar-refractivity contribution is 7.98. The quantitative estimate of drug-likeness (QED) is 0.893. The zero-order valence-corrected chi connectivity index (χ0v) is 10.7. The lowest BCUT2D eigenvalue weighted by atomic mass is 10.1. The third kappa shape index (κ3) is 3.46. The van der Waals surface area contributed by atoms with Gasteiger partial charge in [0.15, 0.2) is 0 Å². The van der Waals surface area contributed by atoms with Crippen LogP contribution in [0.15, 0.2) is 18.2 Å². The number of halogens is 1. The van der Waals surface area contributed by atoms with Gasteiger partial charge in [0.2, 0.25) is 0 Å². The number of ether oxygens (including phenoxy) is 1. The molecular formula is C13H15FO3S. The summed E-state index contributed by atoms with van der Waals surface area (Å²) in [5.41, 5.74) is 0.571. The van der Waals surface area contributed by atoms with Crippen molar-refractivity contribution in [1.29, 1.82) is 0 Å². The van der Waals surface area contributed by atoms with Crippen molar-refractivity contribution in [2.75, 3.05) is 12.4 Å². The second-order valence-corrected chi connectivity index (χ2v) is 5.30. The largest absolute Gasteiger partial charge is 0.478 e. The van der Waals surface area contributed by atoms with Gasteiger partial charge in [0, 0.05) is 18.1 Å². The SMILES string of the molecule is O=C(O)c1cc(CSCC2CCCO2)ccc1F. The molecule has 0 spiro atoms. The Morgan fingerprint density at radius 1 is 1.56 bits per heavy atom. The molecule has 1 aromatic rings. The van der Waals surface area contributed by atoms with E-state index in [9.17, 15) is 9.18 Å². The van der Waals surface area contributed by atoms with Gasteiger partial charge in [-0.15, -0.1) is 0 Å². The minimum absolute atomic E-state index is 0.259. The van der Waals surface area contributed by atoms with Gasteiger partial charge < -0.3 is 9.84 Å². The van der Waals surface area contributed by atoms with Crippen molar-refractivity contribution in [3.05, 3.63) is 35.1 Å². The summed E-state index contributed by atoms with van der Waals surface area (Å²) in [6.07, 6.45) is 2.52. The Morgan fingerprint density at radius 2 is 2.39 bits per heavy atom. The van der Waals surface area contributed by atoms with Crippen LogP contribution in [0.25, 0.3) is 0 Å². The normalized spacial score (nSPS) is 19.1. The molecule has 1 unspecified atom stereocenters. The number of thioether (sulfide) groups is 1. The molecule has 0 radical (unpaired) electrons. The molecule has 1 fully saturated rings. The van der Waals surface area contributed by atoms with Gasteiger partial charge in [-0.3, -0.25) is 0 Å². The Hall–Kier alpha value is -1.07. The van der Waals surface area contributed by atoms with E-state index in [1.165, 1.54) is 12.1 Å². The van der Waals surface area contributed by atoms with Crippen LogP contribution in [0.1, 0.15) is 28.8 Å². The van der Waals surface area contributed by atoms with Crippen LogP contribution < -0.4 is 0 Å². The van der Waals surface area contributed by atoms with E-state index < -0.39 is 11.8 Å². The second-order valence-electron chi connectivity index (χ2n) is 4.27. The molecule has 0 saturated carbocycles. The Morgan fingerprint density at radius 3 is 3.06 bits per heavy atom. The fourth-order valence-corrected chi connectivity index (χ4v) is 2.97. The van der Waals surface area contributed by atoms with Crippen LogP contribution >= 0.6 is 11.8 Å². The number of carbonyl (C=O) groups is 1. The number of carboxylic acids is 1. The third-order valence-electron chi connectivity index (χ3n) is 2.86. The van der Waals surface area contributed by atoms with Gasteiger partial charge in [-0.25, -0.2) is 9.18 Å². The highest BCUT2D eigenvalue weighted by Gasteiger charge is 2.15. The van der Waals surface area contributed by atoms with E-state index in [-0.39, 0.29) is 5.56 Å². The molecular weight excluding hydrogens is 255 g/mol. The standard InChI is InChI=1S/C13H15FO3S/c14-12-4-3-9(6-11(12)13(15)16)7-18-8-10-2-1-5-17-10/h3-4,6,10H,1-2,5,7-8H2,(H,15,16). The molecule has 3 nitrogen and oxygen atoms in total. The maximum Gasteiger partial charge on any atom is 0.338 e. The average Bonchev–Trinajstić information content (AvgIpc) is 2.84. The summed E-state index contributed by atoms with van der Waals surface area (Å²) in [5, 5.41) is 8.82. The van der Waals surface area contributed by atoms with Crippen molar-refractivity contribution >= 4 is 17.7 Å². The number of carboxylic acid groups (broad SMARTS) is 1. The summed E-state index contributed by atoms with van der Waals surface area (Å²) >= 11 is 1.69. The summed E-state index contributed by atoms with van der Waals surface area (Å²) in [7, 11) is 0. The lowest BCUT2D eigenvalue weighted by Crippen LogP contribution is -2.08. The van der Waals surface area contributed by atoms with Crippen molar-refractivity contribution in [2.24, 2.45) is 0 Å². The summed E-state index contributed by atoms with van der Waals surface area (Å²) in [6, 6.07) is 4.25. The molecule has 98 valence electrons. The molecule has 1 heterocycles. The van der Waals surface area contributed by atoms with Crippen molar-refractivity contribution < 1.29 is 19.0 Å². The van der Waals surface area contributed by atoms with Gasteiger partial charge in [-0.1, -0.05) is 6.07 Å². The van der Waals surface area contributed by atoms with Gasteiger partial charge in [0.05, 0.1) is 11.7 Å². The first-order valence-electron chi connectivity index (χ1n) is 5.88. The lowest BCUT2D eigenvalue weighted by molar-refractivity contribution is 0.0691. The fraction of sp³-hybridized carbons (Fsp3) is 0.462. The van der Waals surface area contributed by atoms with E-state index in [1.54, 1.807) is 17.8 Å². The first-order chi connectivity index (χ1) is 8.66. The molecule has 0 aromatic heterocycles. The highest BCUT2D eigenvalue weighted by atomic mass is 32.2. The van der Waals surface area contributed by atoms with Crippen molar-refractivity contribution in [3.63, 3.8) is 0 Å². The van der Waals surface area contributed by atoms with Crippen LogP contribution in [0.3, 0.4) is 0 Å². The molecule has 2 rings (SSSR count). The van der Waals surface area contributed by atoms with E-state index in [0.29, 0.717) is 11.9 Å². The molecule has 1 N–H and O–H groups in total. The molecule has 18 heavy (non-hydrogen) atoms. The van der Waals surface area contributed by atoms with Gasteiger partial charge >= 0.3 is 5.97 Å². The average molecular weight is 270 g/mol. The Balaban J connectivity index is 1.88. The first kappa shape index (κ1) is 13.4. The van der Waals surface area contributed by atoms with E-state index in [0.717, 1.165) is 30.8 Å². The predicted molar refractivity (Wildman–Crippen MR) is 68.5 cm³/mol. The van der Waals surface area contributed by atoms with Crippen molar-refractivity contribution in [1.82, 2.24) is 0 Å². The van der Waals surface area contributed by atoms with Crippen LogP contribution in [0, 0.1) is 5.82 Å². The Bertz CT molecular complexity index is 430. The van der Waals surface area contributed by atoms with Gasteiger partial charge in [-0.05, 0) is 30.5 Å². The van der Waals surface area contributed by atoms with E-state index >= 15 is 0 Å². The predicted octanol–water partition coefficient (Wildman–Crippen LogP) is 2.94. The minimum Gasteiger partial charge on any atom is -0.478 e. The smallest absolute Gasteiger partial charge is 0.338 e. The van der Waals surface area contributed by atoms with Crippen molar-refractivity contribution in [2.45, 2.75) is 24.7 Å². The number of hydrogen-bond donors (Lipinski definition) is 1. The topological polar surface area (TPSA) is 46.5 Å². The number of benzene rings is 1. The summed E-state index contributed by atoms with van der Waals surface area (Å²) in [5.74, 6) is -0.325. The molecule has 1 saturated heterocycles. The van der Waals surface area contributed by atoms with Crippen LogP contribution in [0.4, 0.5) is 4.39 Å². The van der Waals surface area contributed by atoms with Crippen LogP contribution in [-0.2, 0) is 10.5 Å². The van der Waals surface area contributed by atoms with Gasteiger partial charge in [-0.2, -0.15) is 11.8 Å². The molecule has 1 atom stereocenters.